The molecule has 8 heteroatoms. The Morgan fingerprint density at radius 2 is 1.38 bits per heavy atom. The first-order valence-electron chi connectivity index (χ1n) is 10.2. The highest BCUT2D eigenvalue weighted by Gasteiger charge is 2.27. The maximum atomic E-state index is 11.7. The third-order valence-electron chi connectivity index (χ3n) is 3.39. The molecule has 0 fully saturated rings. The molecule has 1 atom stereocenters. The lowest BCUT2D eigenvalue weighted by molar-refractivity contribution is -0.156. The second kappa shape index (κ2) is 14.0. The number of ether oxygens (including phenoxy) is 5. The van der Waals surface area contributed by atoms with Gasteiger partial charge in [-0.15, -0.1) is 0 Å². The van der Waals surface area contributed by atoms with Crippen molar-refractivity contribution in [2.75, 3.05) is 46.2 Å². The van der Waals surface area contributed by atoms with Crippen LogP contribution in [0.15, 0.2) is 0 Å². The molecular weight excluding hydrogens is 378 g/mol. The lowest BCUT2D eigenvalue weighted by Gasteiger charge is -2.29. The molecule has 29 heavy (non-hydrogen) atoms. The second-order valence-corrected chi connectivity index (χ2v) is 9.13. The fourth-order valence-corrected chi connectivity index (χ4v) is 2.17. The zero-order valence-corrected chi connectivity index (χ0v) is 19.1. The molecule has 0 heterocycles. The molecule has 1 unspecified atom stereocenters. The Morgan fingerprint density at radius 3 is 1.90 bits per heavy atom. The number of esters is 1. The van der Waals surface area contributed by atoms with E-state index in [2.05, 4.69) is 0 Å². The van der Waals surface area contributed by atoms with Gasteiger partial charge in [-0.3, -0.25) is 4.79 Å². The normalized spacial score (nSPS) is 14.4. The van der Waals surface area contributed by atoms with Crippen molar-refractivity contribution in [3.63, 3.8) is 0 Å². The lowest BCUT2D eigenvalue weighted by Crippen LogP contribution is -2.53. The quantitative estimate of drug-likeness (QED) is 0.231. The summed E-state index contributed by atoms with van der Waals surface area (Å²) in [6.45, 7) is 13.6. The van der Waals surface area contributed by atoms with Crippen LogP contribution in [0.1, 0.15) is 60.8 Å². The Balaban J connectivity index is 4.29. The first kappa shape index (κ1) is 27.9. The van der Waals surface area contributed by atoms with Gasteiger partial charge in [-0.2, -0.15) is 0 Å². The van der Waals surface area contributed by atoms with Crippen LogP contribution in [0.3, 0.4) is 0 Å². The van der Waals surface area contributed by atoms with Crippen LogP contribution in [-0.4, -0.2) is 75.2 Å². The van der Waals surface area contributed by atoms with E-state index in [0.717, 1.165) is 12.7 Å². The van der Waals surface area contributed by atoms with Crippen LogP contribution < -0.4 is 5.73 Å². The van der Waals surface area contributed by atoms with Gasteiger partial charge in [-0.05, 0) is 48.0 Å². The van der Waals surface area contributed by atoms with Gasteiger partial charge < -0.3 is 34.2 Å². The molecule has 0 amide bonds. The standard InChI is InChI=1S/C21H41NO7/c1-19(2,3)28-13-8-12-26-16-21(22,15-25-11-7-10-23)17-27-14-9-18(24)29-20(4,5)6/h10H,7-9,11-17,22H2,1-6H3. The predicted octanol–water partition coefficient (Wildman–Crippen LogP) is 2.26. The van der Waals surface area contributed by atoms with Crippen LogP contribution in [0.4, 0.5) is 0 Å². The zero-order valence-electron chi connectivity index (χ0n) is 19.1. The van der Waals surface area contributed by atoms with Crippen molar-refractivity contribution in [2.24, 2.45) is 5.73 Å². The average Bonchev–Trinajstić information content (AvgIpc) is 2.56. The van der Waals surface area contributed by atoms with Crippen LogP contribution in [0.5, 0.6) is 0 Å². The van der Waals surface area contributed by atoms with Gasteiger partial charge in [-0.1, -0.05) is 0 Å². The Kier molecular flexibility index (Phi) is 13.5. The first-order chi connectivity index (χ1) is 13.4. The van der Waals surface area contributed by atoms with Gasteiger partial charge >= 0.3 is 5.97 Å². The molecule has 0 spiro atoms. The Morgan fingerprint density at radius 1 is 0.828 bits per heavy atom. The van der Waals surface area contributed by atoms with E-state index in [1.807, 2.05) is 41.5 Å². The summed E-state index contributed by atoms with van der Waals surface area (Å²) in [5.41, 5.74) is 4.80. The third-order valence-corrected chi connectivity index (χ3v) is 3.39. The molecule has 0 aliphatic rings. The highest BCUT2D eigenvalue weighted by atomic mass is 16.6. The summed E-state index contributed by atoms with van der Waals surface area (Å²) >= 11 is 0. The first-order valence-corrected chi connectivity index (χ1v) is 10.2. The van der Waals surface area contributed by atoms with Crippen molar-refractivity contribution in [3.8, 4) is 0 Å². The summed E-state index contributed by atoms with van der Waals surface area (Å²) in [7, 11) is 0. The summed E-state index contributed by atoms with van der Waals surface area (Å²) in [5.74, 6) is -0.322. The van der Waals surface area contributed by atoms with Gasteiger partial charge in [0, 0.05) is 19.6 Å². The van der Waals surface area contributed by atoms with Crippen molar-refractivity contribution in [2.45, 2.75) is 77.5 Å². The zero-order chi connectivity index (χ0) is 22.4. The molecule has 2 N–H and O–H groups in total. The summed E-state index contributed by atoms with van der Waals surface area (Å²) in [5, 5.41) is 0. The van der Waals surface area contributed by atoms with E-state index in [1.165, 1.54) is 0 Å². The molecule has 0 radical (unpaired) electrons. The number of hydrogen-bond acceptors (Lipinski definition) is 8. The maximum absolute atomic E-state index is 11.7. The van der Waals surface area contributed by atoms with Crippen LogP contribution in [0, 0.1) is 0 Å². The summed E-state index contributed by atoms with van der Waals surface area (Å²) in [6, 6.07) is 0. The van der Waals surface area contributed by atoms with Crippen LogP contribution in [0.2, 0.25) is 0 Å². The molecule has 0 rings (SSSR count). The topological polar surface area (TPSA) is 106 Å². The van der Waals surface area contributed by atoms with E-state index in [9.17, 15) is 9.59 Å². The van der Waals surface area contributed by atoms with Gasteiger partial charge in [-0.25, -0.2) is 0 Å². The SMILES string of the molecule is CC(C)(C)OCCCOCC(N)(COCCC=O)COCCC(=O)OC(C)(C)C. The molecule has 0 aromatic carbocycles. The van der Waals surface area contributed by atoms with Crippen molar-refractivity contribution in [1.29, 1.82) is 0 Å². The van der Waals surface area contributed by atoms with Crippen LogP contribution in [-0.2, 0) is 33.3 Å². The van der Waals surface area contributed by atoms with E-state index in [4.69, 9.17) is 29.4 Å². The van der Waals surface area contributed by atoms with Gasteiger partial charge in [0.25, 0.3) is 0 Å². The monoisotopic (exact) mass is 419 g/mol. The van der Waals surface area contributed by atoms with E-state index >= 15 is 0 Å². The Bertz CT molecular complexity index is 457. The van der Waals surface area contributed by atoms with E-state index in [-0.39, 0.29) is 44.4 Å². The Hall–Kier alpha value is -1.06. The minimum atomic E-state index is -0.873. The molecule has 172 valence electrons. The number of nitrogens with two attached hydrogens (primary N) is 1. The lowest BCUT2D eigenvalue weighted by atomic mass is 10.1. The van der Waals surface area contributed by atoms with Gasteiger partial charge in [0.05, 0.1) is 50.6 Å². The minimum Gasteiger partial charge on any atom is -0.460 e. The van der Waals surface area contributed by atoms with Crippen molar-refractivity contribution in [1.82, 2.24) is 0 Å². The van der Waals surface area contributed by atoms with Gasteiger partial charge in [0.1, 0.15) is 11.9 Å². The molecule has 0 bridgehead atoms. The fraction of sp³-hybridized carbons (Fsp3) is 0.905. The summed E-state index contributed by atoms with van der Waals surface area (Å²) in [6.07, 6.45) is 1.99. The number of carbonyl (C=O) groups excluding carboxylic acids is 2. The largest absolute Gasteiger partial charge is 0.460 e. The molecule has 0 aliphatic carbocycles. The number of carbonyl (C=O) groups is 2. The van der Waals surface area contributed by atoms with Crippen molar-refractivity contribution in [3.05, 3.63) is 0 Å². The smallest absolute Gasteiger partial charge is 0.308 e. The molecular formula is C21H41NO7. The molecule has 0 aliphatic heterocycles. The second-order valence-electron chi connectivity index (χ2n) is 9.13. The van der Waals surface area contributed by atoms with Gasteiger partial charge in [0.2, 0.25) is 0 Å². The van der Waals surface area contributed by atoms with E-state index < -0.39 is 11.1 Å². The number of hydrogen-bond donors (Lipinski definition) is 1. The average molecular weight is 420 g/mol. The maximum Gasteiger partial charge on any atom is 0.308 e. The minimum absolute atomic E-state index is 0.143. The van der Waals surface area contributed by atoms with E-state index in [0.29, 0.717) is 26.2 Å². The highest BCUT2D eigenvalue weighted by Crippen LogP contribution is 2.10. The molecule has 0 saturated heterocycles. The van der Waals surface area contributed by atoms with Gasteiger partial charge in [0.15, 0.2) is 0 Å². The van der Waals surface area contributed by atoms with E-state index in [1.54, 1.807) is 0 Å². The van der Waals surface area contributed by atoms with Crippen molar-refractivity contribution < 1.29 is 33.3 Å². The number of aldehydes is 1. The van der Waals surface area contributed by atoms with Crippen molar-refractivity contribution >= 4 is 12.3 Å². The molecule has 8 nitrogen and oxygen atoms in total. The Labute approximate surface area is 175 Å². The number of rotatable bonds is 16. The summed E-state index contributed by atoms with van der Waals surface area (Å²) in [4.78, 5) is 22.2. The summed E-state index contributed by atoms with van der Waals surface area (Å²) < 4.78 is 27.6. The molecule has 0 aromatic heterocycles. The highest BCUT2D eigenvalue weighted by molar-refractivity contribution is 5.69. The fourth-order valence-electron chi connectivity index (χ4n) is 2.17. The van der Waals surface area contributed by atoms with Crippen LogP contribution in [0.25, 0.3) is 0 Å². The predicted molar refractivity (Wildman–Crippen MR) is 111 cm³/mol. The molecule has 0 saturated carbocycles. The molecule has 0 aromatic rings. The van der Waals surface area contributed by atoms with Crippen LogP contribution >= 0.6 is 0 Å². The third kappa shape index (κ3) is 18.7.